The Labute approximate surface area is 152 Å². The molecule has 0 bridgehead atoms. The number of methoxy groups -OCH3 is 1. The number of H-pyrrole nitrogens is 1. The average molecular weight is 345 g/mol. The van der Waals surface area contributed by atoms with Crippen LogP contribution in [0.15, 0.2) is 70.6 Å². The lowest BCUT2D eigenvalue weighted by Gasteiger charge is -1.98. The number of carbonyl (C=O) groups is 1. The lowest BCUT2D eigenvalue weighted by Crippen LogP contribution is -1.99. The number of esters is 1. The van der Waals surface area contributed by atoms with E-state index in [1.54, 1.807) is 36.7 Å². The summed E-state index contributed by atoms with van der Waals surface area (Å²) in [6.45, 7) is 2.05. The number of nitrogens with zero attached hydrogens (tertiary/aromatic N) is 2. The maximum Gasteiger partial charge on any atom is 0.337 e. The van der Waals surface area contributed by atoms with Crippen molar-refractivity contribution in [3.63, 3.8) is 0 Å². The summed E-state index contributed by atoms with van der Waals surface area (Å²) in [6.07, 6.45) is 3.52. The first-order chi connectivity index (χ1) is 12.6. The highest BCUT2D eigenvalue weighted by Crippen LogP contribution is 2.14. The van der Waals surface area contributed by atoms with Crippen LogP contribution in [0.25, 0.3) is 0 Å². The van der Waals surface area contributed by atoms with Crippen molar-refractivity contribution in [2.24, 2.45) is 9.98 Å². The molecule has 0 fully saturated rings. The van der Waals surface area contributed by atoms with Gasteiger partial charge in [0.25, 0.3) is 0 Å². The van der Waals surface area contributed by atoms with Crippen LogP contribution in [-0.2, 0) is 4.74 Å². The Hall–Kier alpha value is -3.47. The number of hydrogen-bond acceptors (Lipinski definition) is 4. The van der Waals surface area contributed by atoms with Gasteiger partial charge in [-0.2, -0.15) is 0 Å². The topological polar surface area (TPSA) is 66.8 Å². The van der Waals surface area contributed by atoms with Gasteiger partial charge in [-0.3, -0.25) is 9.98 Å². The van der Waals surface area contributed by atoms with Gasteiger partial charge in [0.15, 0.2) is 0 Å². The number of hydrogen-bond donors (Lipinski definition) is 1. The number of aromatic amines is 1. The minimum absolute atomic E-state index is 0.359. The molecule has 0 saturated carbocycles. The molecule has 3 aromatic rings. The van der Waals surface area contributed by atoms with Crippen molar-refractivity contribution < 1.29 is 9.53 Å². The fourth-order valence-electron chi connectivity index (χ4n) is 2.30. The summed E-state index contributed by atoms with van der Waals surface area (Å²) in [6, 6.07) is 18.8. The fourth-order valence-corrected chi connectivity index (χ4v) is 2.30. The van der Waals surface area contributed by atoms with Crippen LogP contribution >= 0.6 is 0 Å². The maximum atomic E-state index is 11.4. The average Bonchev–Trinajstić information content (AvgIpc) is 3.13. The molecule has 1 heterocycles. The number of nitrogens with one attached hydrogen (secondary N) is 1. The van der Waals surface area contributed by atoms with E-state index in [9.17, 15) is 4.79 Å². The number of ether oxygens (including phenoxy) is 1. The third kappa shape index (κ3) is 4.54. The van der Waals surface area contributed by atoms with Crippen molar-refractivity contribution in [3.05, 3.63) is 83.2 Å². The number of aryl methyl sites for hydroxylation is 1. The normalized spacial score (nSPS) is 11.3. The summed E-state index contributed by atoms with van der Waals surface area (Å²) in [5, 5.41) is 0. The molecular weight excluding hydrogens is 326 g/mol. The fraction of sp³-hybridized carbons (Fsp3) is 0.0952. The molecule has 0 unspecified atom stereocenters. The molecule has 0 radical (unpaired) electrons. The van der Waals surface area contributed by atoms with E-state index in [-0.39, 0.29) is 5.97 Å². The molecular formula is C21H19N3O2. The molecule has 1 aromatic heterocycles. The highest BCUT2D eigenvalue weighted by atomic mass is 16.5. The van der Waals surface area contributed by atoms with E-state index < -0.39 is 0 Å². The first-order valence-electron chi connectivity index (χ1n) is 8.16. The summed E-state index contributed by atoms with van der Waals surface area (Å²) in [4.78, 5) is 23.5. The lowest BCUT2D eigenvalue weighted by molar-refractivity contribution is 0.0601. The second-order valence-electron chi connectivity index (χ2n) is 5.76. The molecule has 1 N–H and O–H groups in total. The SMILES string of the molecule is COC(=O)c1ccc(N=Cc2ccc(C=Nc3ccc(C)cc3)[nH]2)cc1. The van der Waals surface area contributed by atoms with Crippen LogP contribution in [0.1, 0.15) is 27.3 Å². The van der Waals surface area contributed by atoms with Gasteiger partial charge in [-0.1, -0.05) is 17.7 Å². The van der Waals surface area contributed by atoms with E-state index in [1.165, 1.54) is 12.7 Å². The third-order valence-corrected chi connectivity index (χ3v) is 3.76. The Bertz CT molecular complexity index is 936. The molecule has 2 aromatic carbocycles. The number of rotatable bonds is 5. The van der Waals surface area contributed by atoms with Gasteiger partial charge in [-0.15, -0.1) is 0 Å². The first kappa shape index (κ1) is 17.4. The van der Waals surface area contributed by atoms with E-state index in [0.717, 1.165) is 22.8 Å². The van der Waals surface area contributed by atoms with Crippen LogP contribution in [0, 0.1) is 6.92 Å². The summed E-state index contributed by atoms with van der Waals surface area (Å²) >= 11 is 0. The van der Waals surface area contributed by atoms with Gasteiger partial charge >= 0.3 is 5.97 Å². The summed E-state index contributed by atoms with van der Waals surface area (Å²) < 4.78 is 4.67. The third-order valence-electron chi connectivity index (χ3n) is 3.76. The number of benzene rings is 2. The van der Waals surface area contributed by atoms with E-state index in [4.69, 9.17) is 0 Å². The maximum absolute atomic E-state index is 11.4. The molecule has 0 spiro atoms. The Morgan fingerprint density at radius 3 is 1.85 bits per heavy atom. The molecule has 26 heavy (non-hydrogen) atoms. The molecule has 0 aliphatic heterocycles. The van der Waals surface area contributed by atoms with Gasteiger partial charge in [0.05, 0.1) is 47.9 Å². The van der Waals surface area contributed by atoms with Crippen molar-refractivity contribution in [2.75, 3.05) is 7.11 Å². The summed E-state index contributed by atoms with van der Waals surface area (Å²) in [7, 11) is 1.36. The zero-order valence-corrected chi connectivity index (χ0v) is 14.6. The predicted octanol–water partition coefficient (Wildman–Crippen LogP) is 4.61. The molecule has 0 aliphatic rings. The van der Waals surface area contributed by atoms with E-state index in [0.29, 0.717) is 5.56 Å². The molecule has 0 saturated heterocycles. The van der Waals surface area contributed by atoms with Crippen molar-refractivity contribution in [1.82, 2.24) is 4.98 Å². The van der Waals surface area contributed by atoms with Crippen LogP contribution in [-0.4, -0.2) is 30.5 Å². The zero-order chi connectivity index (χ0) is 18.4. The summed E-state index contributed by atoms with van der Waals surface area (Å²) in [5.74, 6) is -0.359. The molecule has 5 heteroatoms. The van der Waals surface area contributed by atoms with Crippen LogP contribution in [0.3, 0.4) is 0 Å². The molecule has 3 rings (SSSR count). The molecule has 130 valence electrons. The molecule has 0 atom stereocenters. The van der Waals surface area contributed by atoms with E-state index >= 15 is 0 Å². The zero-order valence-electron chi connectivity index (χ0n) is 14.6. The van der Waals surface area contributed by atoms with Crippen LogP contribution in [0.5, 0.6) is 0 Å². The van der Waals surface area contributed by atoms with Gasteiger partial charge in [0, 0.05) is 0 Å². The van der Waals surface area contributed by atoms with Crippen LogP contribution in [0.4, 0.5) is 11.4 Å². The van der Waals surface area contributed by atoms with Crippen LogP contribution < -0.4 is 0 Å². The van der Waals surface area contributed by atoms with E-state index in [2.05, 4.69) is 19.7 Å². The summed E-state index contributed by atoms with van der Waals surface area (Å²) in [5.41, 5.74) is 5.14. The first-order valence-corrected chi connectivity index (χ1v) is 8.16. The Morgan fingerprint density at radius 2 is 1.35 bits per heavy atom. The highest BCUT2D eigenvalue weighted by molar-refractivity contribution is 5.90. The largest absolute Gasteiger partial charge is 0.465 e. The highest BCUT2D eigenvalue weighted by Gasteiger charge is 2.03. The predicted molar refractivity (Wildman–Crippen MR) is 104 cm³/mol. The van der Waals surface area contributed by atoms with Gasteiger partial charge in [-0.05, 0) is 55.5 Å². The minimum Gasteiger partial charge on any atom is -0.465 e. The van der Waals surface area contributed by atoms with E-state index in [1.807, 2.05) is 43.3 Å². The van der Waals surface area contributed by atoms with Crippen molar-refractivity contribution in [2.45, 2.75) is 6.92 Å². The Morgan fingerprint density at radius 1 is 0.846 bits per heavy atom. The molecule has 0 aliphatic carbocycles. The van der Waals surface area contributed by atoms with Crippen molar-refractivity contribution in [1.29, 1.82) is 0 Å². The monoisotopic (exact) mass is 345 g/mol. The number of aromatic nitrogens is 1. The van der Waals surface area contributed by atoms with Gasteiger partial charge in [0.1, 0.15) is 0 Å². The number of aliphatic imine (C=N–C) groups is 2. The standard InChI is InChI=1S/C21H19N3O2/c1-15-3-7-17(8-4-15)22-13-19-11-12-20(24-19)14-23-18-9-5-16(6-10-18)21(25)26-2/h3-14,24H,1-2H3. The Kier molecular flexibility index (Phi) is 5.39. The minimum atomic E-state index is -0.359. The quantitative estimate of drug-likeness (QED) is 0.542. The lowest BCUT2D eigenvalue weighted by atomic mass is 10.2. The van der Waals surface area contributed by atoms with Gasteiger partial charge in [0.2, 0.25) is 0 Å². The Balaban J connectivity index is 1.65. The smallest absolute Gasteiger partial charge is 0.337 e. The molecule has 5 nitrogen and oxygen atoms in total. The van der Waals surface area contributed by atoms with Gasteiger partial charge in [-0.25, -0.2) is 4.79 Å². The second-order valence-corrected chi connectivity index (χ2v) is 5.76. The van der Waals surface area contributed by atoms with Crippen molar-refractivity contribution >= 4 is 29.8 Å². The second kappa shape index (κ2) is 8.07. The van der Waals surface area contributed by atoms with Crippen LogP contribution in [0.2, 0.25) is 0 Å². The number of carbonyl (C=O) groups excluding carboxylic acids is 1. The molecule has 0 amide bonds. The van der Waals surface area contributed by atoms with Gasteiger partial charge < -0.3 is 9.72 Å². The van der Waals surface area contributed by atoms with Crippen molar-refractivity contribution in [3.8, 4) is 0 Å².